The number of hydrogen-bond acceptors (Lipinski definition) is 3. The highest BCUT2D eigenvalue weighted by Gasteiger charge is 2.37. The van der Waals surface area contributed by atoms with Crippen molar-refractivity contribution < 1.29 is 9.59 Å². The van der Waals surface area contributed by atoms with Crippen LogP contribution in [-0.2, 0) is 4.79 Å². The van der Waals surface area contributed by atoms with Crippen LogP contribution in [0.3, 0.4) is 0 Å². The molecule has 0 spiro atoms. The minimum atomic E-state index is -0.112. The molecule has 25 heavy (non-hydrogen) atoms. The van der Waals surface area contributed by atoms with E-state index in [0.29, 0.717) is 17.7 Å². The first kappa shape index (κ1) is 17.7. The van der Waals surface area contributed by atoms with Crippen LogP contribution in [0.5, 0.6) is 0 Å². The standard InChI is InChI=1S/C20H24N2O2S/c1-20(2,3)18-14(9-12-17(23)22-18)21-19(24)16-11-10-15(25-16)13-7-5-4-6-8-13/h4-8,10-11,14,18H,9,12H2,1-3H3,(H,21,24)(H,22,23)/t14-,18-/m1/s1. The van der Waals surface area contributed by atoms with Crippen LogP contribution in [0.25, 0.3) is 10.4 Å². The number of amides is 2. The summed E-state index contributed by atoms with van der Waals surface area (Å²) in [6.45, 7) is 6.25. The van der Waals surface area contributed by atoms with E-state index in [1.807, 2.05) is 42.5 Å². The van der Waals surface area contributed by atoms with Crippen LogP contribution < -0.4 is 10.6 Å². The lowest BCUT2D eigenvalue weighted by molar-refractivity contribution is -0.125. The summed E-state index contributed by atoms with van der Waals surface area (Å²) in [7, 11) is 0. The SMILES string of the molecule is CC(C)(C)[C@@H]1NC(=O)CC[C@H]1NC(=O)c1ccc(-c2ccccc2)s1. The van der Waals surface area contributed by atoms with Crippen LogP contribution >= 0.6 is 11.3 Å². The summed E-state index contributed by atoms with van der Waals surface area (Å²) in [5.41, 5.74) is 1.00. The van der Waals surface area contributed by atoms with E-state index in [2.05, 4.69) is 31.4 Å². The number of hydrogen-bond donors (Lipinski definition) is 2. The van der Waals surface area contributed by atoms with E-state index in [0.717, 1.165) is 10.4 Å². The summed E-state index contributed by atoms with van der Waals surface area (Å²) >= 11 is 1.49. The predicted molar refractivity (Wildman–Crippen MR) is 102 cm³/mol. The first-order valence-electron chi connectivity index (χ1n) is 8.60. The molecule has 0 saturated carbocycles. The monoisotopic (exact) mass is 356 g/mol. The van der Waals surface area contributed by atoms with Gasteiger partial charge in [-0.1, -0.05) is 51.1 Å². The Hall–Kier alpha value is -2.14. The third-order valence-corrected chi connectivity index (χ3v) is 5.67. The van der Waals surface area contributed by atoms with E-state index in [1.54, 1.807) is 0 Å². The summed E-state index contributed by atoms with van der Waals surface area (Å²) in [6.07, 6.45) is 1.13. The Bertz CT molecular complexity index is 762. The van der Waals surface area contributed by atoms with Gasteiger partial charge in [-0.15, -0.1) is 11.3 Å². The van der Waals surface area contributed by atoms with E-state index >= 15 is 0 Å². The van der Waals surface area contributed by atoms with Gasteiger partial charge in [-0.2, -0.15) is 0 Å². The summed E-state index contributed by atoms with van der Waals surface area (Å²) in [5.74, 6) is -0.00417. The fraction of sp³-hybridized carbons (Fsp3) is 0.400. The highest BCUT2D eigenvalue weighted by Crippen LogP contribution is 2.29. The van der Waals surface area contributed by atoms with Crippen molar-refractivity contribution in [3.63, 3.8) is 0 Å². The van der Waals surface area contributed by atoms with Crippen LogP contribution in [-0.4, -0.2) is 23.9 Å². The Labute approximate surface area is 152 Å². The van der Waals surface area contributed by atoms with Gasteiger partial charge >= 0.3 is 0 Å². The Morgan fingerprint density at radius 1 is 1.16 bits per heavy atom. The molecule has 132 valence electrons. The molecule has 1 saturated heterocycles. The number of carbonyl (C=O) groups excluding carboxylic acids is 2. The maximum Gasteiger partial charge on any atom is 0.261 e. The van der Waals surface area contributed by atoms with Gasteiger partial charge in [0.25, 0.3) is 5.91 Å². The van der Waals surface area contributed by atoms with Gasteiger partial charge < -0.3 is 10.6 Å². The molecule has 0 aliphatic carbocycles. The van der Waals surface area contributed by atoms with Crippen molar-refractivity contribution in [1.29, 1.82) is 0 Å². The Morgan fingerprint density at radius 2 is 1.88 bits per heavy atom. The number of benzene rings is 1. The first-order chi connectivity index (χ1) is 11.8. The number of thiophene rings is 1. The number of nitrogens with one attached hydrogen (secondary N) is 2. The molecular formula is C20H24N2O2S. The molecule has 5 heteroatoms. The van der Waals surface area contributed by atoms with Crippen LogP contribution in [0.15, 0.2) is 42.5 Å². The zero-order valence-electron chi connectivity index (χ0n) is 14.8. The van der Waals surface area contributed by atoms with Crippen molar-refractivity contribution in [2.75, 3.05) is 0 Å². The van der Waals surface area contributed by atoms with E-state index < -0.39 is 0 Å². The van der Waals surface area contributed by atoms with E-state index in [9.17, 15) is 9.59 Å². The molecule has 1 fully saturated rings. The third-order valence-electron chi connectivity index (χ3n) is 4.54. The molecule has 4 nitrogen and oxygen atoms in total. The smallest absolute Gasteiger partial charge is 0.261 e. The molecule has 0 radical (unpaired) electrons. The summed E-state index contributed by atoms with van der Waals surface area (Å²) in [6, 6.07) is 13.8. The lowest BCUT2D eigenvalue weighted by Gasteiger charge is -2.40. The van der Waals surface area contributed by atoms with Gasteiger partial charge in [0.1, 0.15) is 0 Å². The maximum absolute atomic E-state index is 12.7. The molecule has 1 aliphatic heterocycles. The zero-order valence-corrected chi connectivity index (χ0v) is 15.7. The summed E-state index contributed by atoms with van der Waals surface area (Å²) in [5, 5.41) is 6.18. The second kappa shape index (κ2) is 7.00. The second-order valence-electron chi connectivity index (χ2n) is 7.56. The normalized spacial score (nSPS) is 20.8. The number of rotatable bonds is 3. The van der Waals surface area contributed by atoms with Crippen LogP contribution in [0.2, 0.25) is 0 Å². The second-order valence-corrected chi connectivity index (χ2v) is 8.64. The van der Waals surface area contributed by atoms with Crippen molar-refractivity contribution in [2.45, 2.75) is 45.7 Å². The number of carbonyl (C=O) groups is 2. The lowest BCUT2D eigenvalue weighted by Crippen LogP contribution is -2.60. The molecule has 2 N–H and O–H groups in total. The summed E-state index contributed by atoms with van der Waals surface area (Å²) in [4.78, 5) is 26.2. The fourth-order valence-corrected chi connectivity index (χ4v) is 4.15. The minimum Gasteiger partial charge on any atom is -0.351 e. The van der Waals surface area contributed by atoms with Gasteiger partial charge in [-0.05, 0) is 29.5 Å². The molecule has 2 atom stereocenters. The van der Waals surface area contributed by atoms with Gasteiger partial charge in [0.2, 0.25) is 5.91 Å². The molecule has 0 unspecified atom stereocenters. The molecule has 2 amide bonds. The average Bonchev–Trinajstić information content (AvgIpc) is 3.06. The maximum atomic E-state index is 12.7. The van der Waals surface area contributed by atoms with Crippen LogP contribution in [0.4, 0.5) is 0 Å². The van der Waals surface area contributed by atoms with Crippen molar-refractivity contribution in [3.05, 3.63) is 47.3 Å². The Balaban J connectivity index is 1.73. The van der Waals surface area contributed by atoms with Gasteiger partial charge in [0.15, 0.2) is 0 Å². The van der Waals surface area contributed by atoms with Crippen molar-refractivity contribution in [1.82, 2.24) is 10.6 Å². The van der Waals surface area contributed by atoms with Crippen molar-refractivity contribution >= 4 is 23.2 Å². The predicted octanol–water partition coefficient (Wildman–Crippen LogP) is 3.84. The largest absolute Gasteiger partial charge is 0.351 e. The summed E-state index contributed by atoms with van der Waals surface area (Å²) < 4.78 is 0. The first-order valence-corrected chi connectivity index (χ1v) is 9.42. The molecule has 2 heterocycles. The topological polar surface area (TPSA) is 58.2 Å². The average molecular weight is 356 g/mol. The van der Waals surface area contributed by atoms with Gasteiger partial charge in [0, 0.05) is 11.3 Å². The third kappa shape index (κ3) is 4.10. The van der Waals surface area contributed by atoms with Crippen molar-refractivity contribution in [2.24, 2.45) is 5.41 Å². The highest BCUT2D eigenvalue weighted by molar-refractivity contribution is 7.17. The minimum absolute atomic E-state index is 0.0486. The van der Waals surface area contributed by atoms with E-state index in [1.165, 1.54) is 11.3 Å². The van der Waals surface area contributed by atoms with Gasteiger partial charge in [-0.3, -0.25) is 9.59 Å². The van der Waals surface area contributed by atoms with Gasteiger partial charge in [0.05, 0.1) is 17.0 Å². The highest BCUT2D eigenvalue weighted by atomic mass is 32.1. The van der Waals surface area contributed by atoms with E-state index in [-0.39, 0.29) is 29.3 Å². The molecule has 0 bridgehead atoms. The molecule has 1 aromatic carbocycles. The Morgan fingerprint density at radius 3 is 2.56 bits per heavy atom. The van der Waals surface area contributed by atoms with Crippen LogP contribution in [0, 0.1) is 5.41 Å². The zero-order chi connectivity index (χ0) is 18.0. The molecule has 1 aliphatic rings. The Kier molecular flexibility index (Phi) is 4.95. The quantitative estimate of drug-likeness (QED) is 0.878. The van der Waals surface area contributed by atoms with Gasteiger partial charge in [-0.25, -0.2) is 0 Å². The molecule has 3 rings (SSSR count). The van der Waals surface area contributed by atoms with E-state index in [4.69, 9.17) is 0 Å². The van der Waals surface area contributed by atoms with Crippen LogP contribution in [0.1, 0.15) is 43.3 Å². The fourth-order valence-electron chi connectivity index (χ4n) is 3.23. The molecular weight excluding hydrogens is 332 g/mol. The number of piperidine rings is 1. The molecule has 1 aromatic heterocycles. The lowest BCUT2D eigenvalue weighted by atomic mass is 9.78. The molecule has 2 aromatic rings. The van der Waals surface area contributed by atoms with Crippen molar-refractivity contribution in [3.8, 4) is 10.4 Å².